The fourth-order valence-corrected chi connectivity index (χ4v) is 4.09. The molecule has 1 aromatic heterocycles. The van der Waals surface area contributed by atoms with Crippen LogP contribution < -0.4 is 0 Å². The number of ketones is 1. The van der Waals surface area contributed by atoms with E-state index in [9.17, 15) is 9.59 Å². The first-order valence-corrected chi connectivity index (χ1v) is 9.82. The second-order valence-electron chi connectivity index (χ2n) is 5.29. The largest absolute Gasteiger partial charge is 0.463 e. The number of methoxy groups -OCH3 is 1. The molecule has 0 fully saturated rings. The molecule has 128 valence electrons. The van der Waals surface area contributed by atoms with Crippen LogP contribution >= 0.6 is 23.1 Å². The lowest BCUT2D eigenvalue weighted by Crippen LogP contribution is -2.14. The minimum Gasteiger partial charge on any atom is -0.463 e. The number of nitrogens with zero attached hydrogens (tertiary/aromatic N) is 1. The van der Waals surface area contributed by atoms with Gasteiger partial charge in [-0.05, 0) is 12.8 Å². The summed E-state index contributed by atoms with van der Waals surface area (Å²) in [5.41, 5.74) is 2.18. The smallest absolute Gasteiger partial charge is 0.374 e. The summed E-state index contributed by atoms with van der Waals surface area (Å²) in [5, 5.41) is 2.09. The molecule has 0 N–H and O–H groups in total. The summed E-state index contributed by atoms with van der Waals surface area (Å²) in [6, 6.07) is 10.2. The first-order valence-electron chi connectivity index (χ1n) is 7.95. The van der Waals surface area contributed by atoms with Gasteiger partial charge in [-0.15, -0.1) is 11.3 Å². The van der Waals surface area contributed by atoms with E-state index >= 15 is 0 Å². The van der Waals surface area contributed by atoms with Crippen molar-refractivity contribution in [1.29, 1.82) is 0 Å². The minimum atomic E-state index is -0.733. The maximum absolute atomic E-state index is 11.3. The summed E-state index contributed by atoms with van der Waals surface area (Å²) in [7, 11) is 1.24. The Kier molecular flexibility index (Phi) is 7.98. The summed E-state index contributed by atoms with van der Waals surface area (Å²) in [6.07, 6.45) is 4.12. The molecule has 0 atom stereocenters. The molecule has 4 nitrogen and oxygen atoms in total. The molecule has 1 aromatic carbocycles. The van der Waals surface area contributed by atoms with E-state index in [1.807, 2.05) is 18.2 Å². The number of aromatic nitrogens is 1. The molecule has 0 unspecified atom stereocenters. The van der Waals surface area contributed by atoms with Crippen LogP contribution in [0.25, 0.3) is 11.3 Å². The highest BCUT2D eigenvalue weighted by atomic mass is 32.2. The molecular formula is C18H21NO3S2. The molecule has 0 aliphatic carbocycles. The average molecular weight is 364 g/mol. The molecule has 0 spiro atoms. The van der Waals surface area contributed by atoms with Gasteiger partial charge < -0.3 is 4.74 Å². The third kappa shape index (κ3) is 6.09. The number of thiazole rings is 1. The number of esters is 1. The lowest BCUT2D eigenvalue weighted by molar-refractivity contribution is -0.151. The first-order chi connectivity index (χ1) is 11.7. The van der Waals surface area contributed by atoms with E-state index in [0.717, 1.165) is 47.0 Å². The topological polar surface area (TPSA) is 56.3 Å². The van der Waals surface area contributed by atoms with Gasteiger partial charge in [0.15, 0.2) is 4.34 Å². The van der Waals surface area contributed by atoms with Crippen LogP contribution in [0.5, 0.6) is 0 Å². The number of ether oxygens (including phenoxy) is 1. The number of unbranched alkanes of at least 4 members (excludes halogenated alkanes) is 3. The lowest BCUT2D eigenvalue weighted by Gasteiger charge is -2.00. The maximum Gasteiger partial charge on any atom is 0.374 e. The first kappa shape index (κ1) is 18.7. The number of benzene rings is 1. The zero-order valence-electron chi connectivity index (χ0n) is 13.7. The summed E-state index contributed by atoms with van der Waals surface area (Å²) >= 11 is 3.45. The van der Waals surface area contributed by atoms with Crippen molar-refractivity contribution in [2.45, 2.75) is 36.4 Å². The third-order valence-corrected chi connectivity index (χ3v) is 5.60. The molecule has 2 rings (SSSR count). The number of carbonyl (C=O) groups excluding carboxylic acids is 2. The van der Waals surface area contributed by atoms with Gasteiger partial charge in [0.1, 0.15) is 0 Å². The number of hydrogen-bond donors (Lipinski definition) is 0. The predicted molar refractivity (Wildman–Crippen MR) is 98.4 cm³/mol. The molecule has 6 heteroatoms. The standard InChI is InChI=1S/C18H21NO3S2/c1-22-17(21)16(20)11-7-2-3-8-12-23-18-19-15(13-24-18)14-9-5-4-6-10-14/h4-6,9-10,13H,2-3,7-8,11-12H2,1H3. The van der Waals surface area contributed by atoms with Crippen LogP contribution in [-0.2, 0) is 14.3 Å². The van der Waals surface area contributed by atoms with Crippen molar-refractivity contribution in [2.24, 2.45) is 0 Å². The number of rotatable bonds is 10. The van der Waals surface area contributed by atoms with Gasteiger partial charge in [0.25, 0.3) is 0 Å². The van der Waals surface area contributed by atoms with Crippen molar-refractivity contribution in [2.75, 3.05) is 12.9 Å². The SMILES string of the molecule is COC(=O)C(=O)CCCCCCSc1nc(-c2ccccc2)cs1. The number of hydrogen-bond acceptors (Lipinski definition) is 6. The monoisotopic (exact) mass is 363 g/mol. The van der Waals surface area contributed by atoms with Gasteiger partial charge in [0, 0.05) is 23.1 Å². The summed E-state index contributed by atoms with van der Waals surface area (Å²) < 4.78 is 5.49. The Balaban J connectivity index is 1.59. The quantitative estimate of drug-likeness (QED) is 0.267. The summed E-state index contributed by atoms with van der Waals surface area (Å²) in [6.45, 7) is 0. The summed E-state index contributed by atoms with van der Waals surface area (Å²) in [5.74, 6) is -0.140. The molecule has 1 heterocycles. The highest BCUT2D eigenvalue weighted by molar-refractivity contribution is 8.01. The van der Waals surface area contributed by atoms with Gasteiger partial charge in [-0.3, -0.25) is 4.79 Å². The molecule has 0 aliphatic heterocycles. The van der Waals surface area contributed by atoms with Gasteiger partial charge in [-0.25, -0.2) is 9.78 Å². The molecule has 0 saturated carbocycles. The van der Waals surface area contributed by atoms with Gasteiger partial charge in [0.05, 0.1) is 12.8 Å². The second-order valence-corrected chi connectivity index (χ2v) is 7.49. The Hall–Kier alpha value is -1.66. The van der Waals surface area contributed by atoms with E-state index in [2.05, 4.69) is 27.2 Å². The molecule has 0 amide bonds. The van der Waals surface area contributed by atoms with E-state index in [4.69, 9.17) is 0 Å². The molecule has 0 bridgehead atoms. The number of Topliss-reactive ketones (excluding diaryl/α,β-unsaturated/α-hetero) is 1. The van der Waals surface area contributed by atoms with Crippen LogP contribution in [0.3, 0.4) is 0 Å². The van der Waals surface area contributed by atoms with Gasteiger partial charge in [-0.2, -0.15) is 0 Å². The van der Waals surface area contributed by atoms with Crippen molar-refractivity contribution in [3.8, 4) is 11.3 Å². The van der Waals surface area contributed by atoms with E-state index < -0.39 is 11.8 Å². The van der Waals surface area contributed by atoms with Crippen LogP contribution in [0.2, 0.25) is 0 Å². The van der Waals surface area contributed by atoms with Crippen molar-refractivity contribution in [3.63, 3.8) is 0 Å². The van der Waals surface area contributed by atoms with Crippen molar-refractivity contribution < 1.29 is 14.3 Å². The molecule has 2 aromatic rings. The fourth-order valence-electron chi connectivity index (χ4n) is 2.18. The van der Waals surface area contributed by atoms with Crippen LogP contribution in [0.1, 0.15) is 32.1 Å². The van der Waals surface area contributed by atoms with E-state index in [-0.39, 0.29) is 6.42 Å². The van der Waals surface area contributed by atoms with Gasteiger partial charge in [0.2, 0.25) is 5.78 Å². The average Bonchev–Trinajstić information content (AvgIpc) is 3.09. The van der Waals surface area contributed by atoms with Gasteiger partial charge in [-0.1, -0.05) is 54.9 Å². The highest BCUT2D eigenvalue weighted by Crippen LogP contribution is 2.28. The highest BCUT2D eigenvalue weighted by Gasteiger charge is 2.12. The zero-order chi connectivity index (χ0) is 17.2. The van der Waals surface area contributed by atoms with E-state index in [1.54, 1.807) is 23.1 Å². The lowest BCUT2D eigenvalue weighted by atomic mass is 10.1. The Morgan fingerprint density at radius 3 is 2.62 bits per heavy atom. The Morgan fingerprint density at radius 2 is 1.88 bits per heavy atom. The third-order valence-electron chi connectivity index (χ3n) is 3.49. The normalized spacial score (nSPS) is 10.5. The van der Waals surface area contributed by atoms with Crippen molar-refractivity contribution in [1.82, 2.24) is 4.98 Å². The van der Waals surface area contributed by atoms with E-state index in [0.29, 0.717) is 0 Å². The molecular weight excluding hydrogens is 342 g/mol. The number of carbonyl (C=O) groups is 2. The van der Waals surface area contributed by atoms with Crippen LogP contribution in [-0.4, -0.2) is 29.6 Å². The van der Waals surface area contributed by atoms with Crippen LogP contribution in [0.15, 0.2) is 40.1 Å². The molecule has 0 saturated heterocycles. The fraction of sp³-hybridized carbons (Fsp3) is 0.389. The maximum atomic E-state index is 11.3. The number of thioether (sulfide) groups is 1. The second kappa shape index (κ2) is 10.3. The minimum absolute atomic E-state index is 0.284. The predicted octanol–water partition coefficient (Wildman–Crippen LogP) is 4.59. The molecule has 24 heavy (non-hydrogen) atoms. The Bertz CT molecular complexity index is 655. The van der Waals surface area contributed by atoms with Crippen molar-refractivity contribution >= 4 is 34.9 Å². The zero-order valence-corrected chi connectivity index (χ0v) is 15.3. The van der Waals surface area contributed by atoms with Crippen LogP contribution in [0, 0.1) is 0 Å². The van der Waals surface area contributed by atoms with Crippen molar-refractivity contribution in [3.05, 3.63) is 35.7 Å². The molecule has 0 aliphatic rings. The molecule has 0 radical (unpaired) electrons. The van der Waals surface area contributed by atoms with Gasteiger partial charge >= 0.3 is 5.97 Å². The van der Waals surface area contributed by atoms with E-state index in [1.165, 1.54) is 7.11 Å². The summed E-state index contributed by atoms with van der Waals surface area (Å²) in [4.78, 5) is 26.9. The Labute approximate surface area is 150 Å². The van der Waals surface area contributed by atoms with Crippen LogP contribution in [0.4, 0.5) is 0 Å². The Morgan fingerprint density at radius 1 is 1.12 bits per heavy atom.